The van der Waals surface area contributed by atoms with Crippen molar-refractivity contribution < 1.29 is 13.7 Å². The van der Waals surface area contributed by atoms with E-state index in [0.29, 0.717) is 41.0 Å². The number of hydrogen-bond acceptors (Lipinski definition) is 5. The molecule has 6 nitrogen and oxygen atoms in total. The number of aromatic nitrogens is 2. The number of hydrogen-bond donors (Lipinski definition) is 1. The molecule has 0 saturated carbocycles. The SMILES string of the molecule is CN(C)CCNC(=O)c1cc(-c2ccccc2F)nc2onc(-c3ccccc3)c12. The summed E-state index contributed by atoms with van der Waals surface area (Å²) < 4.78 is 19.8. The molecule has 0 aliphatic carbocycles. The van der Waals surface area contributed by atoms with Gasteiger partial charge < -0.3 is 14.7 Å². The number of amides is 1. The lowest BCUT2D eigenvalue weighted by atomic mass is 10.0. The molecule has 1 N–H and O–H groups in total. The van der Waals surface area contributed by atoms with Crippen molar-refractivity contribution in [3.05, 3.63) is 72.0 Å². The normalized spacial score (nSPS) is 11.2. The topological polar surface area (TPSA) is 71.3 Å². The van der Waals surface area contributed by atoms with E-state index in [0.717, 1.165) is 5.56 Å². The van der Waals surface area contributed by atoms with Gasteiger partial charge >= 0.3 is 0 Å². The Bertz CT molecular complexity index is 1190. The fourth-order valence-corrected chi connectivity index (χ4v) is 3.22. The first-order valence-corrected chi connectivity index (χ1v) is 9.58. The zero-order valence-corrected chi connectivity index (χ0v) is 16.7. The van der Waals surface area contributed by atoms with Crippen molar-refractivity contribution in [1.29, 1.82) is 0 Å². The van der Waals surface area contributed by atoms with E-state index in [1.54, 1.807) is 24.3 Å². The third kappa shape index (κ3) is 3.92. The van der Waals surface area contributed by atoms with E-state index in [1.165, 1.54) is 6.07 Å². The van der Waals surface area contributed by atoms with Gasteiger partial charge in [-0.15, -0.1) is 0 Å². The van der Waals surface area contributed by atoms with Gasteiger partial charge in [-0.25, -0.2) is 9.37 Å². The summed E-state index contributed by atoms with van der Waals surface area (Å²) in [7, 11) is 3.86. The zero-order valence-electron chi connectivity index (χ0n) is 16.7. The fourth-order valence-electron chi connectivity index (χ4n) is 3.22. The Balaban J connectivity index is 1.86. The van der Waals surface area contributed by atoms with Gasteiger partial charge in [0.2, 0.25) is 0 Å². The summed E-state index contributed by atoms with van der Waals surface area (Å²) in [6.45, 7) is 1.16. The van der Waals surface area contributed by atoms with Crippen LogP contribution in [0, 0.1) is 5.82 Å². The van der Waals surface area contributed by atoms with Crippen LogP contribution in [0.3, 0.4) is 0 Å². The van der Waals surface area contributed by atoms with Crippen molar-refractivity contribution >= 4 is 17.0 Å². The van der Waals surface area contributed by atoms with Crippen molar-refractivity contribution in [1.82, 2.24) is 20.4 Å². The molecule has 0 spiro atoms. The number of benzene rings is 2. The molecule has 0 radical (unpaired) electrons. The maximum absolute atomic E-state index is 14.4. The first kappa shape index (κ1) is 19.7. The molecule has 0 fully saturated rings. The number of halogens is 1. The average Bonchev–Trinajstić information content (AvgIpc) is 3.18. The van der Waals surface area contributed by atoms with Crippen molar-refractivity contribution in [2.45, 2.75) is 0 Å². The minimum Gasteiger partial charge on any atom is -0.351 e. The summed E-state index contributed by atoms with van der Waals surface area (Å²) in [5.41, 5.74) is 2.47. The predicted octanol–water partition coefficient (Wildman–Crippen LogP) is 3.99. The first-order valence-electron chi connectivity index (χ1n) is 9.58. The van der Waals surface area contributed by atoms with Gasteiger partial charge in [-0.05, 0) is 32.3 Å². The highest BCUT2D eigenvalue weighted by Crippen LogP contribution is 2.33. The van der Waals surface area contributed by atoms with E-state index in [1.807, 2.05) is 49.3 Å². The second-order valence-electron chi connectivity index (χ2n) is 7.17. The number of nitrogens with zero attached hydrogens (tertiary/aromatic N) is 3. The van der Waals surface area contributed by atoms with Crippen molar-refractivity contribution in [2.75, 3.05) is 27.2 Å². The number of carbonyl (C=O) groups is 1. The summed E-state index contributed by atoms with van der Waals surface area (Å²) in [6.07, 6.45) is 0. The van der Waals surface area contributed by atoms with Gasteiger partial charge in [0.05, 0.1) is 16.6 Å². The highest BCUT2D eigenvalue weighted by atomic mass is 19.1. The van der Waals surface area contributed by atoms with Crippen LogP contribution >= 0.6 is 0 Å². The molecule has 1 amide bonds. The van der Waals surface area contributed by atoms with Crippen LogP contribution < -0.4 is 5.32 Å². The molecule has 0 aliphatic rings. The molecule has 0 unspecified atom stereocenters. The van der Waals surface area contributed by atoms with Crippen LogP contribution in [0.5, 0.6) is 0 Å². The summed E-state index contributed by atoms with van der Waals surface area (Å²) in [5, 5.41) is 7.57. The van der Waals surface area contributed by atoms with Gasteiger partial charge in [-0.2, -0.15) is 0 Å². The molecule has 0 bridgehead atoms. The Morgan fingerprint density at radius 2 is 1.83 bits per heavy atom. The van der Waals surface area contributed by atoms with Crippen LogP contribution in [0.25, 0.3) is 33.6 Å². The summed E-state index contributed by atoms with van der Waals surface area (Å²) in [5.74, 6) is -0.715. The molecule has 7 heteroatoms. The molecule has 0 saturated heterocycles. The van der Waals surface area contributed by atoms with Gasteiger partial charge in [-0.1, -0.05) is 47.6 Å². The molecule has 2 aromatic heterocycles. The Labute approximate surface area is 173 Å². The first-order chi connectivity index (χ1) is 14.5. The summed E-state index contributed by atoms with van der Waals surface area (Å²) in [6, 6.07) is 17.3. The van der Waals surface area contributed by atoms with Crippen LogP contribution in [-0.2, 0) is 0 Å². The molecule has 152 valence electrons. The van der Waals surface area contributed by atoms with Crippen molar-refractivity contribution in [2.24, 2.45) is 0 Å². The van der Waals surface area contributed by atoms with Gasteiger partial charge in [-0.3, -0.25) is 4.79 Å². The Kier molecular flexibility index (Phi) is 5.54. The number of rotatable bonds is 6. The molecular weight excluding hydrogens is 383 g/mol. The van der Waals surface area contributed by atoms with E-state index >= 15 is 0 Å². The molecule has 4 aromatic rings. The molecular formula is C23H21FN4O2. The molecule has 0 aliphatic heterocycles. The summed E-state index contributed by atoms with van der Waals surface area (Å²) in [4.78, 5) is 19.5. The minimum atomic E-state index is -0.425. The number of likely N-dealkylation sites (N-methyl/N-ethyl adjacent to an activating group) is 1. The lowest BCUT2D eigenvalue weighted by Gasteiger charge is -2.12. The third-order valence-electron chi connectivity index (χ3n) is 4.73. The molecule has 30 heavy (non-hydrogen) atoms. The number of fused-ring (bicyclic) bond motifs is 1. The van der Waals surface area contributed by atoms with Crippen molar-refractivity contribution in [3.8, 4) is 22.5 Å². The van der Waals surface area contributed by atoms with E-state index in [2.05, 4.69) is 15.5 Å². The molecule has 2 aromatic carbocycles. The fraction of sp³-hybridized carbons (Fsp3) is 0.174. The van der Waals surface area contributed by atoms with E-state index < -0.39 is 5.82 Å². The van der Waals surface area contributed by atoms with E-state index in [-0.39, 0.29) is 11.6 Å². The van der Waals surface area contributed by atoms with Gasteiger partial charge in [0.25, 0.3) is 11.6 Å². The van der Waals surface area contributed by atoms with Crippen molar-refractivity contribution in [3.63, 3.8) is 0 Å². The van der Waals surface area contributed by atoms with Crippen LogP contribution in [0.4, 0.5) is 4.39 Å². The monoisotopic (exact) mass is 404 g/mol. The van der Waals surface area contributed by atoms with Crippen LogP contribution in [0.2, 0.25) is 0 Å². The maximum Gasteiger partial charge on any atom is 0.259 e. The predicted molar refractivity (Wildman–Crippen MR) is 114 cm³/mol. The van der Waals surface area contributed by atoms with Gasteiger partial charge in [0, 0.05) is 24.2 Å². The van der Waals surface area contributed by atoms with E-state index in [4.69, 9.17) is 4.52 Å². The van der Waals surface area contributed by atoms with Gasteiger partial charge in [0.15, 0.2) is 0 Å². The summed E-state index contributed by atoms with van der Waals surface area (Å²) >= 11 is 0. The lowest BCUT2D eigenvalue weighted by molar-refractivity contribution is 0.0952. The molecule has 2 heterocycles. The second kappa shape index (κ2) is 8.42. The molecule has 4 rings (SSSR count). The standard InChI is InChI=1S/C23H21FN4O2/c1-28(2)13-12-25-22(29)17-14-19(16-10-6-7-11-18(16)24)26-23-20(17)21(27-30-23)15-8-4-3-5-9-15/h3-11,14H,12-13H2,1-2H3,(H,25,29). The quantitative estimate of drug-likeness (QED) is 0.526. The van der Waals surface area contributed by atoms with Crippen LogP contribution in [0.15, 0.2) is 65.2 Å². The van der Waals surface area contributed by atoms with Crippen LogP contribution in [-0.4, -0.2) is 48.1 Å². The number of pyridine rings is 1. The maximum atomic E-state index is 14.4. The largest absolute Gasteiger partial charge is 0.351 e. The lowest BCUT2D eigenvalue weighted by Crippen LogP contribution is -2.31. The highest BCUT2D eigenvalue weighted by Gasteiger charge is 2.22. The number of carbonyl (C=O) groups excluding carboxylic acids is 1. The minimum absolute atomic E-state index is 0.187. The Hall–Kier alpha value is -3.58. The van der Waals surface area contributed by atoms with Gasteiger partial charge in [0.1, 0.15) is 11.5 Å². The average molecular weight is 404 g/mol. The van der Waals surface area contributed by atoms with Crippen LogP contribution in [0.1, 0.15) is 10.4 Å². The van der Waals surface area contributed by atoms with E-state index in [9.17, 15) is 9.18 Å². The molecule has 0 atom stereocenters. The number of nitrogens with one attached hydrogen (secondary N) is 1. The smallest absolute Gasteiger partial charge is 0.259 e. The highest BCUT2D eigenvalue weighted by molar-refractivity contribution is 6.10. The second-order valence-corrected chi connectivity index (χ2v) is 7.17. The Morgan fingerprint density at radius 3 is 2.57 bits per heavy atom. The third-order valence-corrected chi connectivity index (χ3v) is 4.73. The Morgan fingerprint density at radius 1 is 1.10 bits per heavy atom. The zero-order chi connectivity index (χ0) is 21.1.